The summed E-state index contributed by atoms with van der Waals surface area (Å²) in [4.78, 5) is 22.8. The second kappa shape index (κ2) is 30.9. The molecule has 0 N–H and O–H groups in total. The standard InChI is InChI=1S/C27H52O10/c1-3-5-6-7-8-9-11-27(29)37-25-23-35-21-19-33-17-15-31-13-12-30-14-16-32-18-20-34-22-24-36-26(28)10-4-2/h3-25H2,1-2H3. The summed E-state index contributed by atoms with van der Waals surface area (Å²) in [6, 6.07) is 0. The molecule has 0 rings (SSSR count). The fourth-order valence-corrected chi connectivity index (χ4v) is 3.03. The fourth-order valence-electron chi connectivity index (χ4n) is 3.03. The first kappa shape index (κ1) is 35.7. The third-order valence-electron chi connectivity index (χ3n) is 5.03. The van der Waals surface area contributed by atoms with Gasteiger partial charge in [-0.05, 0) is 12.8 Å². The van der Waals surface area contributed by atoms with E-state index in [0.717, 1.165) is 19.3 Å². The highest BCUT2D eigenvalue weighted by Crippen LogP contribution is 2.07. The number of rotatable bonds is 30. The zero-order chi connectivity index (χ0) is 27.1. The van der Waals surface area contributed by atoms with E-state index in [0.29, 0.717) is 92.1 Å². The predicted octanol–water partition coefficient (Wildman–Crippen LogP) is 3.72. The van der Waals surface area contributed by atoms with E-state index in [-0.39, 0.29) is 25.2 Å². The molecule has 0 aromatic heterocycles. The van der Waals surface area contributed by atoms with E-state index in [4.69, 9.17) is 37.9 Å². The van der Waals surface area contributed by atoms with Crippen molar-refractivity contribution in [2.45, 2.75) is 71.6 Å². The second-order valence-electron chi connectivity index (χ2n) is 8.38. The molecule has 0 amide bonds. The molecule has 0 fully saturated rings. The molecule has 0 atom stereocenters. The normalized spacial score (nSPS) is 11.1. The molecule has 0 radical (unpaired) electrons. The molecule has 0 unspecified atom stereocenters. The number of hydrogen-bond acceptors (Lipinski definition) is 10. The molecular formula is C27H52O10. The van der Waals surface area contributed by atoms with Gasteiger partial charge in [0.2, 0.25) is 0 Å². The van der Waals surface area contributed by atoms with Crippen molar-refractivity contribution < 1.29 is 47.5 Å². The highest BCUT2D eigenvalue weighted by Gasteiger charge is 2.03. The van der Waals surface area contributed by atoms with E-state index < -0.39 is 0 Å². The summed E-state index contributed by atoms with van der Waals surface area (Å²) < 4.78 is 42.5. The minimum Gasteiger partial charge on any atom is -0.463 e. The summed E-state index contributed by atoms with van der Waals surface area (Å²) in [6.45, 7) is 10.2. The monoisotopic (exact) mass is 536 g/mol. The fraction of sp³-hybridized carbons (Fsp3) is 0.926. The lowest BCUT2D eigenvalue weighted by molar-refractivity contribution is -0.146. The van der Waals surface area contributed by atoms with E-state index in [1.54, 1.807) is 0 Å². The smallest absolute Gasteiger partial charge is 0.305 e. The Bertz CT molecular complexity index is 490. The minimum absolute atomic E-state index is 0.145. The Morgan fingerprint density at radius 1 is 0.378 bits per heavy atom. The molecule has 0 aliphatic rings. The van der Waals surface area contributed by atoms with E-state index in [1.165, 1.54) is 25.7 Å². The highest BCUT2D eigenvalue weighted by atomic mass is 16.6. The third-order valence-corrected chi connectivity index (χ3v) is 5.03. The second-order valence-corrected chi connectivity index (χ2v) is 8.38. The van der Waals surface area contributed by atoms with Crippen molar-refractivity contribution in [3.63, 3.8) is 0 Å². The van der Waals surface area contributed by atoms with Crippen molar-refractivity contribution in [1.29, 1.82) is 0 Å². The Morgan fingerprint density at radius 3 is 1.08 bits per heavy atom. The molecule has 0 aromatic rings. The van der Waals surface area contributed by atoms with Gasteiger partial charge in [-0.1, -0.05) is 46.0 Å². The molecule has 0 aliphatic heterocycles. The molecule has 0 aliphatic carbocycles. The summed E-state index contributed by atoms with van der Waals surface area (Å²) in [7, 11) is 0. The van der Waals surface area contributed by atoms with Crippen molar-refractivity contribution in [2.24, 2.45) is 0 Å². The first-order chi connectivity index (χ1) is 18.2. The molecule has 37 heavy (non-hydrogen) atoms. The van der Waals surface area contributed by atoms with Crippen molar-refractivity contribution in [1.82, 2.24) is 0 Å². The van der Waals surface area contributed by atoms with Gasteiger partial charge in [0.05, 0.1) is 79.3 Å². The summed E-state index contributed by atoms with van der Waals surface area (Å²) in [5, 5.41) is 0. The number of ether oxygens (including phenoxy) is 8. The van der Waals surface area contributed by atoms with E-state index in [2.05, 4.69) is 6.92 Å². The topological polar surface area (TPSA) is 108 Å². The van der Waals surface area contributed by atoms with Gasteiger partial charge in [0.15, 0.2) is 0 Å². The van der Waals surface area contributed by atoms with Crippen LogP contribution in [0.2, 0.25) is 0 Å². The molecule has 0 aromatic carbocycles. The number of unbranched alkanes of at least 4 members (excludes halogenated alkanes) is 5. The quantitative estimate of drug-likeness (QED) is 0.0995. The zero-order valence-corrected chi connectivity index (χ0v) is 23.3. The van der Waals surface area contributed by atoms with Crippen LogP contribution in [0.15, 0.2) is 0 Å². The maximum atomic E-state index is 11.6. The van der Waals surface area contributed by atoms with Gasteiger partial charge in [-0.3, -0.25) is 9.59 Å². The molecule has 0 bridgehead atoms. The summed E-state index contributed by atoms with van der Waals surface area (Å²) >= 11 is 0. The van der Waals surface area contributed by atoms with Gasteiger partial charge in [0.25, 0.3) is 0 Å². The van der Waals surface area contributed by atoms with Crippen LogP contribution in [0.4, 0.5) is 0 Å². The van der Waals surface area contributed by atoms with Gasteiger partial charge in [0.1, 0.15) is 13.2 Å². The van der Waals surface area contributed by atoms with Gasteiger partial charge >= 0.3 is 11.9 Å². The molecular weight excluding hydrogens is 484 g/mol. The average molecular weight is 537 g/mol. The number of hydrogen-bond donors (Lipinski definition) is 0. The van der Waals surface area contributed by atoms with Gasteiger partial charge in [-0.25, -0.2) is 0 Å². The SMILES string of the molecule is CCCCCCCCC(=O)OCCOCCOCCOCCOCCOCCOCCOC(=O)CCC. The molecule has 220 valence electrons. The van der Waals surface area contributed by atoms with Crippen LogP contribution in [-0.2, 0) is 47.5 Å². The molecule has 0 saturated carbocycles. The van der Waals surface area contributed by atoms with E-state index >= 15 is 0 Å². The maximum Gasteiger partial charge on any atom is 0.305 e. The molecule has 10 heteroatoms. The van der Waals surface area contributed by atoms with Crippen molar-refractivity contribution >= 4 is 11.9 Å². The first-order valence-electron chi connectivity index (χ1n) is 14.0. The Labute approximate surface area is 223 Å². The van der Waals surface area contributed by atoms with Gasteiger partial charge in [-0.2, -0.15) is 0 Å². The molecule has 0 heterocycles. The van der Waals surface area contributed by atoms with E-state index in [1.807, 2.05) is 6.92 Å². The van der Waals surface area contributed by atoms with Crippen LogP contribution < -0.4 is 0 Å². The van der Waals surface area contributed by atoms with Crippen molar-refractivity contribution in [2.75, 3.05) is 92.5 Å². The van der Waals surface area contributed by atoms with Crippen LogP contribution in [0.5, 0.6) is 0 Å². The Balaban J connectivity index is 3.12. The van der Waals surface area contributed by atoms with Crippen LogP contribution >= 0.6 is 0 Å². The van der Waals surface area contributed by atoms with Gasteiger partial charge in [0, 0.05) is 12.8 Å². The Hall–Kier alpha value is -1.30. The lowest BCUT2D eigenvalue weighted by atomic mass is 10.1. The van der Waals surface area contributed by atoms with Crippen molar-refractivity contribution in [3.05, 3.63) is 0 Å². The molecule has 0 spiro atoms. The van der Waals surface area contributed by atoms with Gasteiger partial charge in [-0.15, -0.1) is 0 Å². The van der Waals surface area contributed by atoms with Crippen LogP contribution in [0.1, 0.15) is 71.6 Å². The summed E-state index contributed by atoms with van der Waals surface area (Å²) in [5.41, 5.74) is 0. The number of carbonyl (C=O) groups is 2. The number of carbonyl (C=O) groups excluding carboxylic acids is 2. The predicted molar refractivity (Wildman–Crippen MR) is 140 cm³/mol. The van der Waals surface area contributed by atoms with Crippen LogP contribution in [0.25, 0.3) is 0 Å². The lowest BCUT2D eigenvalue weighted by Crippen LogP contribution is -2.15. The largest absolute Gasteiger partial charge is 0.463 e. The maximum absolute atomic E-state index is 11.6. The third kappa shape index (κ3) is 30.8. The minimum atomic E-state index is -0.188. The Kier molecular flexibility index (Phi) is 29.8. The van der Waals surface area contributed by atoms with Crippen LogP contribution in [-0.4, -0.2) is 104 Å². The van der Waals surface area contributed by atoms with Crippen LogP contribution in [0, 0.1) is 0 Å². The lowest BCUT2D eigenvalue weighted by Gasteiger charge is -2.09. The molecule has 0 saturated heterocycles. The first-order valence-corrected chi connectivity index (χ1v) is 14.0. The molecule has 10 nitrogen and oxygen atoms in total. The van der Waals surface area contributed by atoms with Crippen molar-refractivity contribution in [3.8, 4) is 0 Å². The van der Waals surface area contributed by atoms with Gasteiger partial charge < -0.3 is 37.9 Å². The van der Waals surface area contributed by atoms with Crippen LogP contribution in [0.3, 0.4) is 0 Å². The Morgan fingerprint density at radius 2 is 0.703 bits per heavy atom. The summed E-state index contributed by atoms with van der Waals surface area (Å²) in [5.74, 6) is -0.333. The number of esters is 2. The van der Waals surface area contributed by atoms with E-state index in [9.17, 15) is 9.59 Å². The zero-order valence-electron chi connectivity index (χ0n) is 23.3. The summed E-state index contributed by atoms with van der Waals surface area (Å²) in [6.07, 6.45) is 8.66. The average Bonchev–Trinajstić information content (AvgIpc) is 2.89. The highest BCUT2D eigenvalue weighted by molar-refractivity contribution is 5.69.